The van der Waals surface area contributed by atoms with Crippen LogP contribution in [0, 0.1) is 0 Å². The smallest absolute Gasteiger partial charge is 0.267 e. The van der Waals surface area contributed by atoms with Crippen molar-refractivity contribution in [3.05, 3.63) is 64.6 Å². The third-order valence-electron chi connectivity index (χ3n) is 4.35. The summed E-state index contributed by atoms with van der Waals surface area (Å²) in [5.74, 6) is -0.109. The van der Waals surface area contributed by atoms with Gasteiger partial charge in [-0.2, -0.15) is 0 Å². The number of rotatable bonds is 4. The fraction of sp³-hybridized carbons (Fsp3) is 0.158. The molecule has 1 N–H and O–H groups in total. The fourth-order valence-corrected chi connectivity index (χ4v) is 5.67. The number of hydrogen-bond donors (Lipinski definition) is 1. The molecule has 1 fully saturated rings. The number of halogens is 1. The van der Waals surface area contributed by atoms with E-state index >= 15 is 0 Å². The van der Waals surface area contributed by atoms with Gasteiger partial charge in [0.1, 0.15) is 9.88 Å². The zero-order valence-electron chi connectivity index (χ0n) is 14.6. The molecule has 0 aliphatic carbocycles. The Labute approximate surface area is 171 Å². The van der Waals surface area contributed by atoms with Crippen LogP contribution < -0.4 is 9.62 Å². The molecule has 1 amide bonds. The Morgan fingerprint density at radius 2 is 1.89 bits per heavy atom. The molecule has 4 rings (SSSR count). The molecule has 0 unspecified atom stereocenters. The lowest BCUT2D eigenvalue weighted by Gasteiger charge is -2.17. The maximum absolute atomic E-state index is 12.5. The van der Waals surface area contributed by atoms with Crippen LogP contribution >= 0.6 is 22.9 Å². The van der Waals surface area contributed by atoms with E-state index in [1.807, 2.05) is 18.2 Å². The van der Waals surface area contributed by atoms with E-state index in [1.54, 1.807) is 30.3 Å². The average molecular weight is 434 g/mol. The first kappa shape index (κ1) is 18.9. The first-order valence-electron chi connectivity index (χ1n) is 8.56. The van der Waals surface area contributed by atoms with Gasteiger partial charge in [-0.25, -0.2) is 13.4 Å². The normalized spacial score (nSPS) is 15.5. The Morgan fingerprint density at radius 3 is 2.57 bits per heavy atom. The van der Waals surface area contributed by atoms with Crippen molar-refractivity contribution < 1.29 is 13.2 Å². The zero-order chi connectivity index (χ0) is 19.7. The molecule has 0 saturated carbocycles. The average Bonchev–Trinajstić information content (AvgIpc) is 3.29. The Hall–Kier alpha value is -2.42. The van der Waals surface area contributed by atoms with Crippen molar-refractivity contribution >= 4 is 50.2 Å². The lowest BCUT2D eigenvalue weighted by molar-refractivity contribution is 0.103. The molecule has 6 nitrogen and oxygen atoms in total. The van der Waals surface area contributed by atoms with Crippen molar-refractivity contribution in [2.24, 2.45) is 0 Å². The summed E-state index contributed by atoms with van der Waals surface area (Å²) in [6.07, 6.45) is 2.14. The predicted molar refractivity (Wildman–Crippen MR) is 113 cm³/mol. The van der Waals surface area contributed by atoms with Gasteiger partial charge in [-0.05, 0) is 36.8 Å². The third-order valence-corrected chi connectivity index (χ3v) is 7.57. The van der Waals surface area contributed by atoms with Gasteiger partial charge in [0.05, 0.1) is 22.7 Å². The largest absolute Gasteiger partial charge is 0.321 e. The van der Waals surface area contributed by atoms with E-state index in [0.29, 0.717) is 39.2 Å². The van der Waals surface area contributed by atoms with Crippen molar-refractivity contribution in [1.82, 2.24) is 4.98 Å². The van der Waals surface area contributed by atoms with Gasteiger partial charge in [-0.15, -0.1) is 11.3 Å². The molecule has 2 aromatic carbocycles. The Kier molecular flexibility index (Phi) is 5.09. The SMILES string of the molecule is O=C(Nc1ccc(N2CCCS2(=O)=O)cc1)c1cnc(-c2ccccc2Cl)s1. The molecule has 1 saturated heterocycles. The molecule has 0 radical (unpaired) electrons. The molecule has 0 bridgehead atoms. The zero-order valence-corrected chi connectivity index (χ0v) is 17.0. The number of benzene rings is 2. The van der Waals surface area contributed by atoms with Gasteiger partial charge >= 0.3 is 0 Å². The summed E-state index contributed by atoms with van der Waals surface area (Å²) in [6.45, 7) is 0.486. The molecule has 1 aliphatic heterocycles. The highest BCUT2D eigenvalue weighted by Gasteiger charge is 2.28. The van der Waals surface area contributed by atoms with Crippen LogP contribution in [0.4, 0.5) is 11.4 Å². The van der Waals surface area contributed by atoms with Crippen molar-refractivity contribution in [3.63, 3.8) is 0 Å². The Morgan fingerprint density at radius 1 is 1.14 bits per heavy atom. The highest BCUT2D eigenvalue weighted by atomic mass is 35.5. The number of aromatic nitrogens is 1. The Bertz CT molecular complexity index is 1130. The van der Waals surface area contributed by atoms with Crippen LogP contribution in [0.2, 0.25) is 5.02 Å². The number of amides is 1. The van der Waals surface area contributed by atoms with E-state index in [0.717, 1.165) is 5.56 Å². The number of nitrogens with zero attached hydrogens (tertiary/aromatic N) is 2. The van der Waals surface area contributed by atoms with Crippen LogP contribution in [-0.2, 0) is 10.0 Å². The van der Waals surface area contributed by atoms with Crippen molar-refractivity contribution in [1.29, 1.82) is 0 Å². The predicted octanol–water partition coefficient (Wildman–Crippen LogP) is 4.26. The minimum atomic E-state index is -3.22. The van der Waals surface area contributed by atoms with Crippen molar-refractivity contribution in [2.75, 3.05) is 21.9 Å². The first-order chi connectivity index (χ1) is 13.4. The first-order valence-corrected chi connectivity index (χ1v) is 11.4. The Balaban J connectivity index is 1.48. The van der Waals surface area contributed by atoms with E-state index in [2.05, 4.69) is 10.3 Å². The molecule has 28 heavy (non-hydrogen) atoms. The quantitative estimate of drug-likeness (QED) is 0.666. The lowest BCUT2D eigenvalue weighted by atomic mass is 10.2. The van der Waals surface area contributed by atoms with Gasteiger partial charge in [0.15, 0.2) is 0 Å². The molecule has 3 aromatic rings. The van der Waals surface area contributed by atoms with E-state index in [1.165, 1.54) is 21.8 Å². The number of anilines is 2. The minimum Gasteiger partial charge on any atom is -0.321 e. The second-order valence-electron chi connectivity index (χ2n) is 6.25. The van der Waals surface area contributed by atoms with Gasteiger partial charge in [0.2, 0.25) is 10.0 Å². The molecule has 1 aliphatic rings. The molecule has 0 spiro atoms. The van der Waals surface area contributed by atoms with Crippen LogP contribution in [0.15, 0.2) is 54.7 Å². The third kappa shape index (κ3) is 3.76. The topological polar surface area (TPSA) is 79.4 Å². The second-order valence-corrected chi connectivity index (χ2v) is 9.70. The van der Waals surface area contributed by atoms with Crippen LogP contribution in [-0.4, -0.2) is 31.6 Å². The van der Waals surface area contributed by atoms with E-state index < -0.39 is 10.0 Å². The molecule has 0 atom stereocenters. The highest BCUT2D eigenvalue weighted by molar-refractivity contribution is 7.93. The van der Waals surface area contributed by atoms with Crippen LogP contribution in [0.1, 0.15) is 16.1 Å². The summed E-state index contributed by atoms with van der Waals surface area (Å²) < 4.78 is 25.4. The van der Waals surface area contributed by atoms with E-state index in [4.69, 9.17) is 11.6 Å². The standard InChI is InChI=1S/C19H16ClN3O3S2/c20-16-5-2-1-4-15(16)19-21-12-17(27-19)18(24)22-13-6-8-14(9-7-13)23-10-3-11-28(23,25)26/h1-2,4-9,12H,3,10-11H2,(H,22,24). The molecular weight excluding hydrogens is 418 g/mol. The van der Waals surface area contributed by atoms with Crippen molar-refractivity contribution in [2.45, 2.75) is 6.42 Å². The van der Waals surface area contributed by atoms with E-state index in [9.17, 15) is 13.2 Å². The van der Waals surface area contributed by atoms with Crippen LogP contribution in [0.3, 0.4) is 0 Å². The molecule has 1 aromatic heterocycles. The van der Waals surface area contributed by atoms with Crippen LogP contribution in [0.5, 0.6) is 0 Å². The summed E-state index contributed by atoms with van der Waals surface area (Å²) in [5, 5.41) is 4.06. The molecule has 2 heterocycles. The van der Waals surface area contributed by atoms with Gasteiger partial charge < -0.3 is 5.32 Å². The number of sulfonamides is 1. The highest BCUT2D eigenvalue weighted by Crippen LogP contribution is 2.31. The number of nitrogens with one attached hydrogen (secondary N) is 1. The van der Waals surface area contributed by atoms with Gasteiger partial charge in [0.25, 0.3) is 5.91 Å². The molecule has 9 heteroatoms. The molecule has 144 valence electrons. The van der Waals surface area contributed by atoms with Gasteiger partial charge in [0, 0.05) is 17.8 Å². The number of carbonyl (C=O) groups is 1. The number of thiazole rings is 1. The maximum Gasteiger partial charge on any atom is 0.267 e. The molecular formula is C19H16ClN3O3S2. The summed E-state index contributed by atoms with van der Waals surface area (Å²) in [7, 11) is -3.22. The minimum absolute atomic E-state index is 0.171. The van der Waals surface area contributed by atoms with Crippen LogP contribution in [0.25, 0.3) is 10.6 Å². The summed E-state index contributed by atoms with van der Waals surface area (Å²) in [4.78, 5) is 17.3. The second kappa shape index (κ2) is 7.54. The van der Waals surface area contributed by atoms with Crippen molar-refractivity contribution in [3.8, 4) is 10.6 Å². The monoisotopic (exact) mass is 433 g/mol. The number of hydrogen-bond acceptors (Lipinski definition) is 5. The summed E-state index contributed by atoms with van der Waals surface area (Å²) >= 11 is 7.44. The van der Waals surface area contributed by atoms with E-state index in [-0.39, 0.29) is 11.7 Å². The van der Waals surface area contributed by atoms with Gasteiger partial charge in [-0.1, -0.05) is 29.8 Å². The fourth-order valence-electron chi connectivity index (χ4n) is 2.97. The van der Waals surface area contributed by atoms with Gasteiger partial charge in [-0.3, -0.25) is 9.10 Å². The summed E-state index contributed by atoms with van der Waals surface area (Å²) in [5.41, 5.74) is 1.97. The number of carbonyl (C=O) groups excluding carboxylic acids is 1. The summed E-state index contributed by atoms with van der Waals surface area (Å²) in [6, 6.07) is 14.1. The lowest BCUT2D eigenvalue weighted by Crippen LogP contribution is -2.24. The maximum atomic E-state index is 12.5.